The molecule has 0 radical (unpaired) electrons. The molecule has 1 heterocycles. The molecule has 0 fully saturated rings. The average Bonchev–Trinajstić information content (AvgIpc) is 2.89. The predicted octanol–water partition coefficient (Wildman–Crippen LogP) is 3.18. The van der Waals surface area contributed by atoms with Crippen LogP contribution >= 0.6 is 11.6 Å². The number of hydrogen-bond donors (Lipinski definition) is 0. The van der Waals surface area contributed by atoms with E-state index in [9.17, 15) is 4.79 Å². The van der Waals surface area contributed by atoms with E-state index in [1.165, 1.54) is 0 Å². The Kier molecular flexibility index (Phi) is 4.45. The summed E-state index contributed by atoms with van der Waals surface area (Å²) in [6, 6.07) is 7.46. The number of hydrogen-bond acceptors (Lipinski definition) is 2. The van der Waals surface area contributed by atoms with Crippen LogP contribution in [0.1, 0.15) is 29.9 Å². The Bertz CT molecular complexity index is 621. The second-order valence-corrected chi connectivity index (χ2v) is 5.01. The Morgan fingerprint density at radius 2 is 2.15 bits per heavy atom. The van der Waals surface area contributed by atoms with Gasteiger partial charge in [0.1, 0.15) is 0 Å². The largest absolute Gasteiger partial charge is 0.342 e. The fraction of sp³-hybridized carbons (Fsp3) is 0.333. The first kappa shape index (κ1) is 14.6. The summed E-state index contributed by atoms with van der Waals surface area (Å²) in [5.74, 6) is -0.00220. The van der Waals surface area contributed by atoms with Crippen molar-refractivity contribution >= 4 is 17.5 Å². The third-order valence-corrected chi connectivity index (χ3v) is 3.54. The topological polar surface area (TPSA) is 38.1 Å². The molecule has 0 aliphatic carbocycles. The Morgan fingerprint density at radius 3 is 2.75 bits per heavy atom. The molecule has 1 aromatic carbocycles. The lowest BCUT2D eigenvalue weighted by Crippen LogP contribution is -2.26. The second kappa shape index (κ2) is 6.09. The molecular weight excluding hydrogens is 274 g/mol. The predicted molar refractivity (Wildman–Crippen MR) is 80.6 cm³/mol. The van der Waals surface area contributed by atoms with Crippen LogP contribution in [0.2, 0.25) is 5.02 Å². The molecule has 0 bridgehead atoms. The van der Waals surface area contributed by atoms with Gasteiger partial charge in [0.2, 0.25) is 0 Å². The summed E-state index contributed by atoms with van der Waals surface area (Å²) in [6.45, 7) is 4.63. The zero-order valence-corrected chi connectivity index (χ0v) is 12.7. The smallest absolute Gasteiger partial charge is 0.257 e. The van der Waals surface area contributed by atoms with Crippen molar-refractivity contribution in [1.29, 1.82) is 0 Å². The number of benzene rings is 1. The van der Waals surface area contributed by atoms with E-state index in [0.29, 0.717) is 17.1 Å². The number of halogens is 1. The molecule has 1 amide bonds. The van der Waals surface area contributed by atoms with E-state index in [0.717, 1.165) is 17.8 Å². The van der Waals surface area contributed by atoms with Gasteiger partial charge in [-0.05, 0) is 31.5 Å². The van der Waals surface area contributed by atoms with Gasteiger partial charge in [-0.25, -0.2) is 4.68 Å². The van der Waals surface area contributed by atoms with Crippen molar-refractivity contribution < 1.29 is 4.79 Å². The Labute approximate surface area is 124 Å². The van der Waals surface area contributed by atoms with E-state index in [1.807, 2.05) is 38.1 Å². The van der Waals surface area contributed by atoms with Gasteiger partial charge in [-0.1, -0.05) is 24.6 Å². The highest BCUT2D eigenvalue weighted by Crippen LogP contribution is 2.19. The van der Waals surface area contributed by atoms with Crippen LogP contribution < -0.4 is 0 Å². The maximum atomic E-state index is 12.3. The summed E-state index contributed by atoms with van der Waals surface area (Å²) >= 11 is 6.02. The first-order valence-corrected chi connectivity index (χ1v) is 7.04. The zero-order chi connectivity index (χ0) is 14.7. The minimum atomic E-state index is -0.00220. The molecule has 106 valence electrons. The van der Waals surface area contributed by atoms with Gasteiger partial charge in [0, 0.05) is 18.6 Å². The maximum absolute atomic E-state index is 12.3. The second-order valence-electron chi connectivity index (χ2n) is 4.57. The molecule has 0 unspecified atom stereocenters. The molecule has 2 rings (SSSR count). The summed E-state index contributed by atoms with van der Waals surface area (Å²) in [5.41, 5.74) is 2.42. The molecular formula is C15H18ClN3O. The van der Waals surface area contributed by atoms with Crippen LogP contribution in [0.4, 0.5) is 0 Å². The lowest BCUT2D eigenvalue weighted by atomic mass is 10.1. The summed E-state index contributed by atoms with van der Waals surface area (Å²) in [5, 5.41) is 5.00. The van der Waals surface area contributed by atoms with Gasteiger partial charge in [-0.2, -0.15) is 5.10 Å². The normalized spacial score (nSPS) is 10.6. The first-order valence-electron chi connectivity index (χ1n) is 6.66. The highest BCUT2D eigenvalue weighted by molar-refractivity contribution is 6.30. The van der Waals surface area contributed by atoms with Gasteiger partial charge in [0.05, 0.1) is 23.1 Å². The van der Waals surface area contributed by atoms with Crippen molar-refractivity contribution in [2.24, 2.45) is 0 Å². The highest BCUT2D eigenvalue weighted by Gasteiger charge is 2.19. The fourth-order valence-electron chi connectivity index (χ4n) is 2.07. The molecule has 0 N–H and O–H groups in total. The molecule has 5 heteroatoms. The van der Waals surface area contributed by atoms with Crippen molar-refractivity contribution in [3.8, 4) is 5.69 Å². The number of carbonyl (C=O) groups is 1. The standard InChI is InChI=1S/C15H18ClN3O/c1-4-14-13(15(20)18(3)5-2)10-17-19(14)12-8-6-7-11(16)9-12/h6-10H,4-5H2,1-3H3. The third-order valence-electron chi connectivity index (χ3n) is 3.31. The molecule has 0 spiro atoms. The number of amides is 1. The number of aromatic nitrogens is 2. The molecule has 20 heavy (non-hydrogen) atoms. The van der Waals surface area contributed by atoms with E-state index < -0.39 is 0 Å². The van der Waals surface area contributed by atoms with Crippen molar-refractivity contribution in [3.63, 3.8) is 0 Å². The summed E-state index contributed by atoms with van der Waals surface area (Å²) in [7, 11) is 1.79. The number of carbonyl (C=O) groups excluding carboxylic acids is 1. The Hall–Kier alpha value is -1.81. The zero-order valence-electron chi connectivity index (χ0n) is 11.9. The van der Waals surface area contributed by atoms with E-state index in [-0.39, 0.29) is 5.91 Å². The van der Waals surface area contributed by atoms with Crippen LogP contribution in [-0.4, -0.2) is 34.2 Å². The van der Waals surface area contributed by atoms with Crippen molar-refractivity contribution in [2.45, 2.75) is 20.3 Å². The van der Waals surface area contributed by atoms with Crippen LogP contribution in [0, 0.1) is 0 Å². The molecule has 0 saturated carbocycles. The van der Waals surface area contributed by atoms with E-state index >= 15 is 0 Å². The summed E-state index contributed by atoms with van der Waals surface area (Å²) in [6.07, 6.45) is 2.36. The average molecular weight is 292 g/mol. The van der Waals surface area contributed by atoms with Crippen LogP contribution in [0.5, 0.6) is 0 Å². The van der Waals surface area contributed by atoms with Gasteiger partial charge in [0.15, 0.2) is 0 Å². The van der Waals surface area contributed by atoms with Gasteiger partial charge < -0.3 is 4.90 Å². The van der Waals surface area contributed by atoms with Crippen molar-refractivity contribution in [3.05, 3.63) is 46.7 Å². The minimum absolute atomic E-state index is 0.00220. The van der Waals surface area contributed by atoms with Gasteiger partial charge in [0.25, 0.3) is 5.91 Å². The van der Waals surface area contributed by atoms with Crippen molar-refractivity contribution in [1.82, 2.24) is 14.7 Å². The van der Waals surface area contributed by atoms with E-state index in [1.54, 1.807) is 22.8 Å². The molecule has 0 aliphatic heterocycles. The number of nitrogens with zero attached hydrogens (tertiary/aromatic N) is 3. The van der Waals surface area contributed by atoms with Crippen molar-refractivity contribution in [2.75, 3.05) is 13.6 Å². The highest BCUT2D eigenvalue weighted by atomic mass is 35.5. The van der Waals surface area contributed by atoms with Gasteiger partial charge in [-0.15, -0.1) is 0 Å². The van der Waals surface area contributed by atoms with Gasteiger partial charge >= 0.3 is 0 Å². The molecule has 2 aromatic rings. The molecule has 4 nitrogen and oxygen atoms in total. The van der Waals surface area contributed by atoms with E-state index in [2.05, 4.69) is 5.10 Å². The number of rotatable bonds is 4. The molecule has 0 aliphatic rings. The van der Waals surface area contributed by atoms with Crippen LogP contribution in [0.3, 0.4) is 0 Å². The minimum Gasteiger partial charge on any atom is -0.342 e. The van der Waals surface area contributed by atoms with Crippen LogP contribution in [-0.2, 0) is 6.42 Å². The first-order chi connectivity index (χ1) is 9.58. The maximum Gasteiger partial charge on any atom is 0.257 e. The monoisotopic (exact) mass is 291 g/mol. The summed E-state index contributed by atoms with van der Waals surface area (Å²) < 4.78 is 1.78. The molecule has 1 aromatic heterocycles. The Morgan fingerprint density at radius 1 is 1.40 bits per heavy atom. The lowest BCUT2D eigenvalue weighted by molar-refractivity contribution is 0.0801. The van der Waals surface area contributed by atoms with Crippen LogP contribution in [0.15, 0.2) is 30.5 Å². The fourth-order valence-corrected chi connectivity index (χ4v) is 2.26. The molecule has 0 saturated heterocycles. The SMILES string of the molecule is CCc1c(C(=O)N(C)CC)cnn1-c1cccc(Cl)c1. The quantitative estimate of drug-likeness (QED) is 0.868. The van der Waals surface area contributed by atoms with E-state index in [4.69, 9.17) is 11.6 Å². The molecule has 0 atom stereocenters. The van der Waals surface area contributed by atoms with Gasteiger partial charge in [-0.3, -0.25) is 4.79 Å². The third kappa shape index (κ3) is 2.70. The van der Waals surface area contributed by atoms with Crippen LogP contribution in [0.25, 0.3) is 5.69 Å². The lowest BCUT2D eigenvalue weighted by Gasteiger charge is -2.14. The Balaban J connectivity index is 2.47. The summed E-state index contributed by atoms with van der Waals surface area (Å²) in [4.78, 5) is 14.0.